The maximum Gasteiger partial charge on any atom is 0.260 e. The Morgan fingerprint density at radius 1 is 1.30 bits per heavy atom. The largest absolute Gasteiger partial charge is 0.341 e. The van der Waals surface area contributed by atoms with Crippen molar-refractivity contribution in [3.05, 3.63) is 12.5 Å². The molecule has 1 aliphatic rings. The molecule has 8 heteroatoms. The summed E-state index contributed by atoms with van der Waals surface area (Å²) in [6.45, 7) is 5.48. The molecule has 2 rings (SSSR count). The summed E-state index contributed by atoms with van der Waals surface area (Å²) < 4.78 is 26.1. The van der Waals surface area contributed by atoms with Gasteiger partial charge in [0.25, 0.3) is 10.0 Å². The Labute approximate surface area is 119 Å². The van der Waals surface area contributed by atoms with Crippen LogP contribution in [0.3, 0.4) is 0 Å². The molecule has 112 valence electrons. The van der Waals surface area contributed by atoms with Crippen molar-refractivity contribution >= 4 is 15.9 Å². The van der Waals surface area contributed by atoms with Gasteiger partial charge in [0.1, 0.15) is 0 Å². The van der Waals surface area contributed by atoms with Crippen molar-refractivity contribution in [3.8, 4) is 0 Å². The smallest absolute Gasteiger partial charge is 0.260 e. The molecule has 1 aliphatic heterocycles. The number of hydrogen-bond acceptors (Lipinski definition) is 4. The van der Waals surface area contributed by atoms with Crippen LogP contribution in [0.5, 0.6) is 0 Å². The molecule has 2 heterocycles. The number of nitrogens with one attached hydrogen (secondary N) is 1. The van der Waals surface area contributed by atoms with Gasteiger partial charge in [-0.05, 0) is 6.42 Å². The lowest BCUT2D eigenvalue weighted by molar-refractivity contribution is -0.134. The van der Waals surface area contributed by atoms with E-state index >= 15 is 0 Å². The third kappa shape index (κ3) is 3.01. The number of aromatic amines is 1. The Morgan fingerprint density at radius 2 is 2.05 bits per heavy atom. The van der Waals surface area contributed by atoms with Crippen LogP contribution in [0.1, 0.15) is 20.3 Å². The number of hydrogen-bond donors (Lipinski definition) is 1. The van der Waals surface area contributed by atoms with Crippen molar-refractivity contribution in [1.29, 1.82) is 0 Å². The van der Waals surface area contributed by atoms with Crippen LogP contribution in [0.25, 0.3) is 0 Å². The molecule has 1 N–H and O–H groups in total. The fraction of sp³-hybridized carbons (Fsp3) is 0.667. The Bertz CT molecular complexity index is 553. The van der Waals surface area contributed by atoms with Crippen molar-refractivity contribution in [2.45, 2.75) is 25.3 Å². The molecule has 1 aromatic rings. The van der Waals surface area contributed by atoms with Crippen LogP contribution < -0.4 is 0 Å². The van der Waals surface area contributed by atoms with Gasteiger partial charge in [0.15, 0.2) is 5.03 Å². The number of rotatable bonds is 3. The van der Waals surface area contributed by atoms with Gasteiger partial charge in [-0.2, -0.15) is 4.31 Å². The molecule has 0 aromatic carbocycles. The number of aromatic nitrogens is 2. The van der Waals surface area contributed by atoms with Gasteiger partial charge in [0.05, 0.1) is 12.5 Å². The minimum absolute atomic E-state index is 0.0641. The van der Waals surface area contributed by atoms with Crippen molar-refractivity contribution in [3.63, 3.8) is 0 Å². The molecule has 0 spiro atoms. The van der Waals surface area contributed by atoms with Gasteiger partial charge in [0, 0.05) is 32.1 Å². The second-order valence-corrected chi connectivity index (χ2v) is 7.06. The summed E-state index contributed by atoms with van der Waals surface area (Å²) in [7, 11) is -3.53. The van der Waals surface area contributed by atoms with Crippen LogP contribution in [-0.4, -0.2) is 59.7 Å². The van der Waals surface area contributed by atoms with Crippen LogP contribution in [-0.2, 0) is 14.8 Å². The zero-order valence-corrected chi connectivity index (χ0v) is 12.6. The maximum atomic E-state index is 12.4. The molecule has 1 fully saturated rings. The van der Waals surface area contributed by atoms with Crippen LogP contribution >= 0.6 is 0 Å². The summed E-state index contributed by atoms with van der Waals surface area (Å²) in [5.41, 5.74) is 0. The highest BCUT2D eigenvalue weighted by Crippen LogP contribution is 2.16. The first-order valence-electron chi connectivity index (χ1n) is 6.70. The lowest BCUT2D eigenvalue weighted by Crippen LogP contribution is -2.39. The van der Waals surface area contributed by atoms with Gasteiger partial charge >= 0.3 is 0 Å². The number of imidazole rings is 1. The first-order valence-corrected chi connectivity index (χ1v) is 8.14. The highest BCUT2D eigenvalue weighted by Gasteiger charge is 2.29. The quantitative estimate of drug-likeness (QED) is 0.869. The van der Waals surface area contributed by atoms with Crippen molar-refractivity contribution in [1.82, 2.24) is 19.2 Å². The van der Waals surface area contributed by atoms with E-state index in [1.54, 1.807) is 4.90 Å². The number of H-pyrrole nitrogens is 1. The van der Waals surface area contributed by atoms with E-state index in [1.165, 1.54) is 16.8 Å². The Balaban J connectivity index is 2.09. The van der Waals surface area contributed by atoms with E-state index in [4.69, 9.17) is 0 Å². The topological polar surface area (TPSA) is 86.4 Å². The average molecular weight is 300 g/mol. The molecule has 20 heavy (non-hydrogen) atoms. The van der Waals surface area contributed by atoms with Gasteiger partial charge in [-0.15, -0.1) is 0 Å². The highest BCUT2D eigenvalue weighted by molar-refractivity contribution is 7.89. The lowest BCUT2D eigenvalue weighted by atomic mass is 10.2. The summed E-state index contributed by atoms with van der Waals surface area (Å²) in [5.74, 6) is 0.0107. The van der Waals surface area contributed by atoms with Crippen molar-refractivity contribution in [2.75, 3.05) is 26.2 Å². The van der Waals surface area contributed by atoms with Gasteiger partial charge in [0.2, 0.25) is 5.91 Å². The monoisotopic (exact) mass is 300 g/mol. The first-order chi connectivity index (χ1) is 9.43. The number of amides is 1. The van der Waals surface area contributed by atoms with Crippen LogP contribution in [0, 0.1) is 5.92 Å². The average Bonchev–Trinajstić information content (AvgIpc) is 2.83. The molecule has 7 nitrogen and oxygen atoms in total. The first kappa shape index (κ1) is 15.0. The standard InChI is InChI=1S/C12H20N4O3S/c1-10(2)12(17)15-4-3-5-16(7-6-15)20(18,19)11-8-13-9-14-11/h8-10H,3-7H2,1-2H3,(H,13,14). The van der Waals surface area contributed by atoms with Gasteiger partial charge in [-0.25, -0.2) is 13.4 Å². The summed E-state index contributed by atoms with van der Waals surface area (Å²) >= 11 is 0. The molecule has 1 amide bonds. The SMILES string of the molecule is CC(C)C(=O)N1CCCN(S(=O)(=O)c2cnc[nH]2)CC1. The zero-order chi connectivity index (χ0) is 14.8. The number of sulfonamides is 1. The summed E-state index contributed by atoms with van der Waals surface area (Å²) in [4.78, 5) is 20.1. The van der Waals surface area contributed by atoms with E-state index in [0.717, 1.165) is 0 Å². The normalized spacial score (nSPS) is 18.2. The summed E-state index contributed by atoms with van der Waals surface area (Å²) in [6, 6.07) is 0. The second-order valence-electron chi connectivity index (χ2n) is 5.15. The predicted molar refractivity (Wildman–Crippen MR) is 73.4 cm³/mol. The molecule has 1 saturated heterocycles. The van der Waals surface area contributed by atoms with Crippen LogP contribution in [0.4, 0.5) is 0 Å². The Morgan fingerprint density at radius 3 is 2.65 bits per heavy atom. The minimum Gasteiger partial charge on any atom is -0.341 e. The molecule has 0 aliphatic carbocycles. The molecule has 1 aromatic heterocycles. The van der Waals surface area contributed by atoms with E-state index in [2.05, 4.69) is 9.97 Å². The Kier molecular flexibility index (Phi) is 4.44. The molecule has 0 bridgehead atoms. The van der Waals surface area contributed by atoms with Crippen molar-refractivity contribution < 1.29 is 13.2 Å². The summed E-state index contributed by atoms with van der Waals surface area (Å²) in [6.07, 6.45) is 3.29. The van der Waals surface area contributed by atoms with E-state index in [-0.39, 0.29) is 16.9 Å². The molecule has 0 radical (unpaired) electrons. The van der Waals surface area contributed by atoms with Crippen LogP contribution in [0.2, 0.25) is 0 Å². The van der Waals surface area contributed by atoms with Crippen molar-refractivity contribution in [2.24, 2.45) is 5.92 Å². The predicted octanol–water partition coefficient (Wildman–Crippen LogP) is 0.289. The van der Waals surface area contributed by atoms with E-state index < -0.39 is 10.0 Å². The number of carbonyl (C=O) groups is 1. The molecular weight excluding hydrogens is 280 g/mol. The van der Waals surface area contributed by atoms with Gasteiger partial charge in [-0.1, -0.05) is 13.8 Å². The second kappa shape index (κ2) is 5.92. The van der Waals surface area contributed by atoms with Gasteiger partial charge in [-0.3, -0.25) is 4.79 Å². The third-order valence-corrected chi connectivity index (χ3v) is 5.18. The third-order valence-electron chi connectivity index (χ3n) is 3.35. The zero-order valence-electron chi connectivity index (χ0n) is 11.7. The maximum absolute atomic E-state index is 12.4. The molecule has 0 atom stereocenters. The highest BCUT2D eigenvalue weighted by atomic mass is 32.2. The molecule has 0 unspecified atom stereocenters. The van der Waals surface area contributed by atoms with Crippen LogP contribution in [0.15, 0.2) is 17.6 Å². The fourth-order valence-corrected chi connectivity index (χ4v) is 3.61. The number of carbonyl (C=O) groups excluding carboxylic acids is 1. The number of nitrogens with zero attached hydrogens (tertiary/aromatic N) is 3. The summed E-state index contributed by atoms with van der Waals surface area (Å²) in [5, 5.41) is 0.0983. The molecular formula is C12H20N4O3S. The van der Waals surface area contributed by atoms with E-state index in [1.807, 2.05) is 13.8 Å². The lowest BCUT2D eigenvalue weighted by Gasteiger charge is -2.23. The van der Waals surface area contributed by atoms with Gasteiger partial charge < -0.3 is 9.88 Å². The van der Waals surface area contributed by atoms with E-state index in [0.29, 0.717) is 32.6 Å². The molecule has 0 saturated carbocycles. The fourth-order valence-electron chi connectivity index (χ4n) is 2.24. The minimum atomic E-state index is -3.53. The Hall–Kier alpha value is -1.41. The van der Waals surface area contributed by atoms with E-state index in [9.17, 15) is 13.2 Å².